The van der Waals surface area contributed by atoms with E-state index < -0.39 is 10.0 Å². The molecule has 1 N–H and O–H groups in total. The molecule has 0 spiro atoms. The molecular formula is C13H11BrN4O2S. The lowest BCUT2D eigenvalue weighted by Crippen LogP contribution is -2.09. The van der Waals surface area contributed by atoms with Gasteiger partial charge < -0.3 is 0 Å². The molecule has 0 bridgehead atoms. The van der Waals surface area contributed by atoms with E-state index in [-0.39, 0.29) is 0 Å². The van der Waals surface area contributed by atoms with Gasteiger partial charge in [0.1, 0.15) is 4.60 Å². The van der Waals surface area contributed by atoms with Crippen LogP contribution >= 0.6 is 15.9 Å². The number of fused-ring (bicyclic) bond motifs is 1. The molecule has 0 unspecified atom stereocenters. The van der Waals surface area contributed by atoms with Crippen molar-refractivity contribution in [3.05, 3.63) is 47.3 Å². The van der Waals surface area contributed by atoms with Crippen LogP contribution in [0.25, 0.3) is 16.8 Å². The molecular weight excluding hydrogens is 356 g/mol. The minimum Gasteiger partial charge on any atom is -0.284 e. The van der Waals surface area contributed by atoms with Crippen molar-refractivity contribution in [1.29, 1.82) is 0 Å². The molecule has 6 nitrogen and oxygen atoms in total. The van der Waals surface area contributed by atoms with Crippen LogP contribution in [-0.4, -0.2) is 29.3 Å². The van der Waals surface area contributed by atoms with Crippen LogP contribution in [0.2, 0.25) is 0 Å². The molecule has 2 aromatic heterocycles. The topological polar surface area (TPSA) is 76.4 Å². The monoisotopic (exact) mass is 366 g/mol. The average molecular weight is 367 g/mol. The maximum absolute atomic E-state index is 11.3. The molecule has 0 saturated carbocycles. The number of anilines is 1. The van der Waals surface area contributed by atoms with Gasteiger partial charge in [-0.1, -0.05) is 12.1 Å². The molecule has 21 heavy (non-hydrogen) atoms. The molecule has 0 amide bonds. The van der Waals surface area contributed by atoms with Gasteiger partial charge in [-0.3, -0.25) is 4.72 Å². The normalized spacial score (nSPS) is 11.7. The quantitative estimate of drug-likeness (QED) is 0.772. The van der Waals surface area contributed by atoms with Gasteiger partial charge in [0.25, 0.3) is 0 Å². The van der Waals surface area contributed by atoms with Crippen molar-refractivity contribution in [2.75, 3.05) is 11.0 Å². The zero-order chi connectivity index (χ0) is 15.0. The van der Waals surface area contributed by atoms with Crippen LogP contribution in [0, 0.1) is 0 Å². The number of imidazole rings is 1. The van der Waals surface area contributed by atoms with Crippen LogP contribution in [0.1, 0.15) is 0 Å². The van der Waals surface area contributed by atoms with Gasteiger partial charge >= 0.3 is 0 Å². The van der Waals surface area contributed by atoms with E-state index in [0.717, 1.165) is 22.0 Å². The van der Waals surface area contributed by atoms with E-state index in [9.17, 15) is 8.42 Å². The van der Waals surface area contributed by atoms with Gasteiger partial charge in [-0.15, -0.1) is 0 Å². The van der Waals surface area contributed by atoms with Crippen molar-refractivity contribution in [2.45, 2.75) is 0 Å². The fourth-order valence-corrected chi connectivity index (χ4v) is 2.91. The number of aromatic nitrogens is 3. The second-order valence-electron chi connectivity index (χ2n) is 4.55. The predicted octanol–water partition coefficient (Wildman–Crippen LogP) is 2.53. The van der Waals surface area contributed by atoms with Crippen molar-refractivity contribution in [2.24, 2.45) is 0 Å². The number of nitrogens with zero attached hydrogens (tertiary/aromatic N) is 3. The predicted molar refractivity (Wildman–Crippen MR) is 84.6 cm³/mol. The summed E-state index contributed by atoms with van der Waals surface area (Å²) in [6.45, 7) is 0. The molecule has 0 radical (unpaired) electrons. The molecule has 2 heterocycles. The highest BCUT2D eigenvalue weighted by Gasteiger charge is 2.07. The summed E-state index contributed by atoms with van der Waals surface area (Å²) in [5, 5.41) is 4.29. The number of sulfonamides is 1. The van der Waals surface area contributed by atoms with Gasteiger partial charge in [0.05, 0.1) is 18.6 Å². The molecule has 108 valence electrons. The summed E-state index contributed by atoms with van der Waals surface area (Å²) in [5.41, 5.74) is 2.94. The summed E-state index contributed by atoms with van der Waals surface area (Å²) < 4.78 is 27.5. The maximum Gasteiger partial charge on any atom is 0.229 e. The van der Waals surface area contributed by atoms with Crippen molar-refractivity contribution >= 4 is 37.3 Å². The molecule has 3 rings (SSSR count). The smallest absolute Gasteiger partial charge is 0.229 e. The van der Waals surface area contributed by atoms with Crippen LogP contribution in [0.5, 0.6) is 0 Å². The van der Waals surface area contributed by atoms with E-state index in [4.69, 9.17) is 0 Å². The minimum absolute atomic E-state index is 0.513. The lowest BCUT2D eigenvalue weighted by Gasteiger charge is -2.07. The lowest BCUT2D eigenvalue weighted by atomic mass is 10.1. The van der Waals surface area contributed by atoms with Gasteiger partial charge in [-0.2, -0.15) is 5.10 Å². The van der Waals surface area contributed by atoms with E-state index in [1.54, 1.807) is 35.1 Å². The number of hydrogen-bond acceptors (Lipinski definition) is 4. The molecule has 0 aliphatic rings. The summed E-state index contributed by atoms with van der Waals surface area (Å²) in [6, 6.07) is 9.01. The first-order chi connectivity index (χ1) is 9.92. The van der Waals surface area contributed by atoms with Crippen LogP contribution in [0.15, 0.2) is 47.3 Å². The van der Waals surface area contributed by atoms with Gasteiger partial charge in [0.2, 0.25) is 10.0 Å². The van der Waals surface area contributed by atoms with E-state index in [2.05, 4.69) is 30.7 Å². The highest BCUT2D eigenvalue weighted by molar-refractivity contribution is 9.10. The average Bonchev–Trinajstić information content (AvgIpc) is 2.78. The Morgan fingerprint density at radius 1 is 1.19 bits per heavy atom. The standard InChI is InChI=1S/C13H11BrN4O2S/c1-21(19,20)17-11-4-2-3-9(5-11)10-6-13-15-8-12(14)18(13)16-7-10/h2-8,17H,1H3. The Hall–Kier alpha value is -1.93. The van der Waals surface area contributed by atoms with Crippen LogP contribution in [-0.2, 0) is 10.0 Å². The lowest BCUT2D eigenvalue weighted by molar-refractivity contribution is 0.607. The van der Waals surface area contributed by atoms with Crippen LogP contribution in [0.3, 0.4) is 0 Å². The largest absolute Gasteiger partial charge is 0.284 e. The SMILES string of the molecule is CS(=O)(=O)Nc1cccc(-c2cnn3c(Br)cnc3c2)c1. The van der Waals surface area contributed by atoms with E-state index in [1.807, 2.05) is 12.1 Å². The third kappa shape index (κ3) is 3.06. The first kappa shape index (κ1) is 14.0. The molecule has 0 aliphatic carbocycles. The summed E-state index contributed by atoms with van der Waals surface area (Å²) in [6.07, 6.45) is 4.50. The fraction of sp³-hybridized carbons (Fsp3) is 0.0769. The zero-order valence-corrected chi connectivity index (χ0v) is 13.4. The Labute approximate surface area is 130 Å². The first-order valence-electron chi connectivity index (χ1n) is 6.00. The Morgan fingerprint density at radius 3 is 2.76 bits per heavy atom. The number of benzene rings is 1. The number of hydrogen-bond donors (Lipinski definition) is 1. The van der Waals surface area contributed by atoms with E-state index >= 15 is 0 Å². The summed E-state index contributed by atoms with van der Waals surface area (Å²) >= 11 is 3.35. The highest BCUT2D eigenvalue weighted by atomic mass is 79.9. The first-order valence-corrected chi connectivity index (χ1v) is 8.68. The molecule has 0 fully saturated rings. The van der Waals surface area contributed by atoms with E-state index in [1.165, 1.54) is 0 Å². The van der Waals surface area contributed by atoms with Gasteiger partial charge in [-0.25, -0.2) is 17.9 Å². The van der Waals surface area contributed by atoms with Crippen molar-refractivity contribution < 1.29 is 8.42 Å². The molecule has 8 heteroatoms. The Morgan fingerprint density at radius 2 is 2.00 bits per heavy atom. The Balaban J connectivity index is 2.03. The van der Waals surface area contributed by atoms with Crippen LogP contribution in [0.4, 0.5) is 5.69 Å². The molecule has 0 atom stereocenters. The van der Waals surface area contributed by atoms with Gasteiger partial charge in [0, 0.05) is 11.3 Å². The minimum atomic E-state index is -3.30. The number of halogens is 1. The number of nitrogens with one attached hydrogen (secondary N) is 1. The van der Waals surface area contributed by atoms with Crippen molar-refractivity contribution in [3.63, 3.8) is 0 Å². The third-order valence-electron chi connectivity index (χ3n) is 2.82. The molecule has 3 aromatic rings. The Kier molecular flexibility index (Phi) is 3.42. The second-order valence-corrected chi connectivity index (χ2v) is 7.11. The van der Waals surface area contributed by atoms with Crippen LogP contribution < -0.4 is 4.72 Å². The fourth-order valence-electron chi connectivity index (χ4n) is 1.98. The molecule has 1 aromatic carbocycles. The Bertz CT molecular complexity index is 921. The van der Waals surface area contributed by atoms with Gasteiger partial charge in [0.15, 0.2) is 5.65 Å². The third-order valence-corrected chi connectivity index (χ3v) is 3.97. The molecule has 0 aliphatic heterocycles. The summed E-state index contributed by atoms with van der Waals surface area (Å²) in [5.74, 6) is 0. The zero-order valence-electron chi connectivity index (χ0n) is 11.0. The van der Waals surface area contributed by atoms with E-state index in [0.29, 0.717) is 11.3 Å². The van der Waals surface area contributed by atoms with Crippen molar-refractivity contribution in [1.82, 2.24) is 14.6 Å². The second kappa shape index (κ2) is 5.12. The highest BCUT2D eigenvalue weighted by Crippen LogP contribution is 2.24. The van der Waals surface area contributed by atoms with Crippen molar-refractivity contribution in [3.8, 4) is 11.1 Å². The molecule has 0 saturated heterocycles. The maximum atomic E-state index is 11.3. The summed E-state index contributed by atoms with van der Waals surface area (Å²) in [7, 11) is -3.30. The summed E-state index contributed by atoms with van der Waals surface area (Å²) in [4.78, 5) is 4.23. The number of rotatable bonds is 3. The van der Waals surface area contributed by atoms with Gasteiger partial charge in [-0.05, 0) is 39.7 Å².